The Morgan fingerprint density at radius 3 is 2.82 bits per heavy atom. The van der Waals surface area contributed by atoms with E-state index in [2.05, 4.69) is 35.3 Å². The molecule has 0 amide bonds. The molecule has 1 N–H and O–H groups in total. The van der Waals surface area contributed by atoms with Crippen LogP contribution in [0.3, 0.4) is 0 Å². The lowest BCUT2D eigenvalue weighted by Crippen LogP contribution is -2.17. The van der Waals surface area contributed by atoms with E-state index >= 15 is 0 Å². The largest absolute Gasteiger partial charge is 0.312 e. The van der Waals surface area contributed by atoms with E-state index in [0.29, 0.717) is 0 Å². The van der Waals surface area contributed by atoms with E-state index in [1.54, 1.807) is 11.0 Å². The van der Waals surface area contributed by atoms with E-state index in [-0.39, 0.29) is 0 Å². The second-order valence-electron chi connectivity index (χ2n) is 4.20. The van der Waals surface area contributed by atoms with Gasteiger partial charge in [-0.05, 0) is 25.5 Å². The molecule has 0 aliphatic carbocycles. The Kier molecular flexibility index (Phi) is 3.91. The van der Waals surface area contributed by atoms with Crippen LogP contribution in [0.25, 0.3) is 0 Å². The monoisotopic (exact) mass is 250 g/mol. The molecule has 92 valence electrons. The topological polar surface area (TPSA) is 42.7 Å². The third-order valence-corrected chi connectivity index (χ3v) is 3.64. The van der Waals surface area contributed by atoms with Crippen molar-refractivity contribution in [2.45, 2.75) is 26.8 Å². The molecule has 0 radical (unpaired) electrons. The average Bonchev–Trinajstić information content (AvgIpc) is 2.81. The zero-order valence-electron chi connectivity index (χ0n) is 10.5. The fourth-order valence-electron chi connectivity index (χ4n) is 1.78. The molecule has 0 aromatic carbocycles. The predicted octanol–water partition coefficient (Wildman–Crippen LogP) is 1.83. The highest BCUT2D eigenvalue weighted by Gasteiger charge is 2.02. The maximum Gasteiger partial charge on any atom is 0.151 e. The number of aromatic nitrogens is 3. The normalized spacial score (nSPS) is 11.0. The molecular weight excluding hydrogens is 232 g/mol. The predicted molar refractivity (Wildman–Crippen MR) is 70.2 cm³/mol. The van der Waals surface area contributed by atoms with Gasteiger partial charge in [-0.25, -0.2) is 4.98 Å². The van der Waals surface area contributed by atoms with Crippen molar-refractivity contribution < 1.29 is 0 Å². The maximum atomic E-state index is 4.24. The van der Waals surface area contributed by atoms with Crippen LogP contribution in [0, 0.1) is 13.8 Å². The molecule has 17 heavy (non-hydrogen) atoms. The summed E-state index contributed by atoms with van der Waals surface area (Å²) in [5.41, 5.74) is 1.40. The van der Waals surface area contributed by atoms with Crippen molar-refractivity contribution in [2.24, 2.45) is 7.05 Å². The van der Waals surface area contributed by atoms with Crippen LogP contribution in [-0.4, -0.2) is 21.3 Å². The summed E-state index contributed by atoms with van der Waals surface area (Å²) < 4.78 is 1.74. The molecule has 0 fully saturated rings. The molecule has 0 atom stereocenters. The lowest BCUT2D eigenvalue weighted by molar-refractivity contribution is 0.660. The van der Waals surface area contributed by atoms with E-state index in [9.17, 15) is 0 Å². The summed E-state index contributed by atoms with van der Waals surface area (Å²) in [6.45, 7) is 6.18. The van der Waals surface area contributed by atoms with Gasteiger partial charge >= 0.3 is 0 Å². The van der Waals surface area contributed by atoms with Crippen LogP contribution in [0.1, 0.15) is 21.1 Å². The van der Waals surface area contributed by atoms with E-state index < -0.39 is 0 Å². The first-order chi connectivity index (χ1) is 8.15. The highest BCUT2D eigenvalue weighted by atomic mass is 32.1. The zero-order valence-corrected chi connectivity index (χ0v) is 11.3. The summed E-state index contributed by atoms with van der Waals surface area (Å²) in [6.07, 6.45) is 2.62. The second-order valence-corrected chi connectivity index (χ2v) is 5.66. The number of nitrogens with zero attached hydrogens (tertiary/aromatic N) is 3. The molecule has 5 heteroatoms. The van der Waals surface area contributed by atoms with E-state index in [1.807, 2.05) is 18.4 Å². The number of hydrogen-bond donors (Lipinski definition) is 1. The first kappa shape index (κ1) is 12.3. The van der Waals surface area contributed by atoms with Gasteiger partial charge in [0.25, 0.3) is 0 Å². The van der Waals surface area contributed by atoms with Crippen molar-refractivity contribution >= 4 is 11.3 Å². The molecule has 0 saturated carbocycles. The van der Waals surface area contributed by atoms with Crippen molar-refractivity contribution in [1.82, 2.24) is 20.1 Å². The number of hydrogen-bond acceptors (Lipinski definition) is 4. The van der Waals surface area contributed by atoms with E-state index in [4.69, 9.17) is 0 Å². The first-order valence-electron chi connectivity index (χ1n) is 5.76. The van der Waals surface area contributed by atoms with Crippen LogP contribution in [0.15, 0.2) is 12.4 Å². The minimum atomic E-state index is 0.878. The first-order valence-corrected chi connectivity index (χ1v) is 6.58. The molecule has 2 aromatic heterocycles. The van der Waals surface area contributed by atoms with Gasteiger partial charge in [0, 0.05) is 36.3 Å². The van der Waals surface area contributed by atoms with Crippen molar-refractivity contribution in [2.75, 3.05) is 6.54 Å². The van der Waals surface area contributed by atoms with Gasteiger partial charge in [-0.3, -0.25) is 4.68 Å². The maximum absolute atomic E-state index is 4.24. The quantitative estimate of drug-likeness (QED) is 0.823. The Labute approximate surface area is 106 Å². The third kappa shape index (κ3) is 3.38. The van der Waals surface area contributed by atoms with E-state index in [1.165, 1.54) is 15.3 Å². The number of thiophene rings is 1. The van der Waals surface area contributed by atoms with Crippen LogP contribution in [0.4, 0.5) is 0 Å². The summed E-state index contributed by atoms with van der Waals surface area (Å²) in [5, 5.41) is 7.68. The minimum Gasteiger partial charge on any atom is -0.312 e. The Bertz CT molecular complexity index is 486. The second kappa shape index (κ2) is 5.42. The van der Waals surface area contributed by atoms with E-state index in [0.717, 1.165) is 25.3 Å². The van der Waals surface area contributed by atoms with Gasteiger partial charge in [0.2, 0.25) is 0 Å². The van der Waals surface area contributed by atoms with Crippen LogP contribution in [0.2, 0.25) is 0 Å². The Hall–Kier alpha value is -1.20. The van der Waals surface area contributed by atoms with Crippen LogP contribution in [-0.2, 0) is 20.0 Å². The smallest absolute Gasteiger partial charge is 0.151 e. The summed E-state index contributed by atoms with van der Waals surface area (Å²) in [5.74, 6) is 0.901. The van der Waals surface area contributed by atoms with Crippen LogP contribution < -0.4 is 5.32 Å². The fraction of sp³-hybridized carbons (Fsp3) is 0.500. The Morgan fingerprint density at radius 1 is 1.41 bits per heavy atom. The molecule has 2 aromatic rings. The lowest BCUT2D eigenvalue weighted by atomic mass is 10.2. The lowest BCUT2D eigenvalue weighted by Gasteiger charge is -2.02. The summed E-state index contributed by atoms with van der Waals surface area (Å²) in [4.78, 5) is 6.98. The van der Waals surface area contributed by atoms with Gasteiger partial charge in [-0.15, -0.1) is 11.3 Å². The number of aryl methyl sites for hydroxylation is 3. The van der Waals surface area contributed by atoms with Gasteiger partial charge in [-0.2, -0.15) is 5.10 Å². The van der Waals surface area contributed by atoms with Crippen molar-refractivity contribution in [1.29, 1.82) is 0 Å². The molecule has 2 heterocycles. The summed E-state index contributed by atoms with van der Waals surface area (Å²) in [6, 6.07) is 2.26. The molecule has 0 saturated heterocycles. The molecular formula is C12H18N4S. The van der Waals surface area contributed by atoms with Gasteiger partial charge in [0.05, 0.1) is 0 Å². The molecule has 0 aliphatic rings. The summed E-state index contributed by atoms with van der Waals surface area (Å²) >= 11 is 1.86. The fourth-order valence-corrected chi connectivity index (χ4v) is 2.73. The standard InChI is InChI=1S/C12H18N4S/c1-9-6-11(10(2)17-9)7-13-5-4-12-14-8-16(3)15-12/h6,8,13H,4-5,7H2,1-3H3. The summed E-state index contributed by atoms with van der Waals surface area (Å²) in [7, 11) is 1.89. The molecule has 0 bridgehead atoms. The molecule has 0 aliphatic heterocycles. The Morgan fingerprint density at radius 2 is 2.24 bits per heavy atom. The highest BCUT2D eigenvalue weighted by Crippen LogP contribution is 2.20. The van der Waals surface area contributed by atoms with Crippen LogP contribution >= 0.6 is 11.3 Å². The number of rotatable bonds is 5. The van der Waals surface area contributed by atoms with Gasteiger partial charge in [0.1, 0.15) is 6.33 Å². The molecule has 4 nitrogen and oxygen atoms in total. The van der Waals surface area contributed by atoms with Gasteiger partial charge in [0.15, 0.2) is 5.82 Å². The number of nitrogens with one attached hydrogen (secondary N) is 1. The third-order valence-electron chi connectivity index (χ3n) is 2.63. The molecule has 0 unspecified atom stereocenters. The molecule has 0 spiro atoms. The SMILES string of the molecule is Cc1cc(CNCCc2ncn(C)n2)c(C)s1. The van der Waals surface area contributed by atoms with Crippen LogP contribution in [0.5, 0.6) is 0 Å². The van der Waals surface area contributed by atoms with Crippen molar-refractivity contribution in [3.8, 4) is 0 Å². The van der Waals surface area contributed by atoms with Crippen molar-refractivity contribution in [3.05, 3.63) is 33.5 Å². The Balaban J connectivity index is 1.75. The highest BCUT2D eigenvalue weighted by molar-refractivity contribution is 7.12. The molecule has 2 rings (SSSR count). The van der Waals surface area contributed by atoms with Crippen molar-refractivity contribution in [3.63, 3.8) is 0 Å². The van der Waals surface area contributed by atoms with Gasteiger partial charge in [-0.1, -0.05) is 0 Å². The zero-order chi connectivity index (χ0) is 12.3. The average molecular weight is 250 g/mol. The minimum absolute atomic E-state index is 0.878. The van der Waals surface area contributed by atoms with Gasteiger partial charge < -0.3 is 5.32 Å².